The molecular formula is C16H26N4O6. The third-order valence-corrected chi connectivity index (χ3v) is 3.37. The van der Waals surface area contributed by atoms with E-state index in [1.54, 1.807) is 13.1 Å². The largest absolute Gasteiger partial charge is 0.480 e. The Kier molecular flexibility index (Phi) is 8.56. The Morgan fingerprint density at radius 2 is 2.04 bits per heavy atom. The maximum Gasteiger partial charge on any atom is 0.336 e. The number of carboxylic acids is 1. The fraction of sp³-hybridized carbons (Fsp3) is 0.625. The van der Waals surface area contributed by atoms with Crippen LogP contribution in [0.2, 0.25) is 0 Å². The van der Waals surface area contributed by atoms with Gasteiger partial charge in [0.05, 0.1) is 13.2 Å². The molecule has 0 aliphatic rings. The molecular weight excluding hydrogens is 344 g/mol. The molecule has 26 heavy (non-hydrogen) atoms. The number of esters is 1. The van der Waals surface area contributed by atoms with Crippen molar-refractivity contribution in [2.45, 2.75) is 39.3 Å². The Hall–Kier alpha value is -2.62. The molecule has 0 aliphatic carbocycles. The van der Waals surface area contributed by atoms with Crippen molar-refractivity contribution in [1.29, 1.82) is 0 Å². The minimum Gasteiger partial charge on any atom is -0.480 e. The zero-order valence-corrected chi connectivity index (χ0v) is 15.1. The number of aliphatic hydroxyl groups excluding tert-OH is 1. The Bertz CT molecular complexity index is 590. The van der Waals surface area contributed by atoms with Crippen LogP contribution in [-0.2, 0) is 20.7 Å². The number of aliphatic hydroxyl groups is 1. The lowest BCUT2D eigenvalue weighted by Gasteiger charge is -2.28. The van der Waals surface area contributed by atoms with E-state index in [1.807, 2.05) is 13.8 Å². The second kappa shape index (κ2) is 10.4. The van der Waals surface area contributed by atoms with E-state index in [9.17, 15) is 24.6 Å². The Morgan fingerprint density at radius 3 is 2.54 bits per heavy atom. The number of imidazole rings is 1. The molecule has 1 unspecified atom stereocenters. The van der Waals surface area contributed by atoms with Crippen LogP contribution in [0.25, 0.3) is 0 Å². The van der Waals surface area contributed by atoms with Crippen molar-refractivity contribution < 1.29 is 29.3 Å². The smallest absolute Gasteiger partial charge is 0.336 e. The summed E-state index contributed by atoms with van der Waals surface area (Å²) in [6.07, 6.45) is 1.50. The van der Waals surface area contributed by atoms with Gasteiger partial charge in [-0.25, -0.2) is 19.4 Å². The van der Waals surface area contributed by atoms with Crippen LogP contribution >= 0.6 is 0 Å². The monoisotopic (exact) mass is 370 g/mol. The highest BCUT2D eigenvalue weighted by atomic mass is 16.5. The van der Waals surface area contributed by atoms with E-state index >= 15 is 0 Å². The highest BCUT2D eigenvalue weighted by Crippen LogP contribution is 2.05. The molecule has 0 saturated heterocycles. The van der Waals surface area contributed by atoms with Crippen molar-refractivity contribution in [3.8, 4) is 0 Å². The third kappa shape index (κ3) is 7.09. The fourth-order valence-electron chi connectivity index (χ4n) is 2.25. The first-order valence-electron chi connectivity index (χ1n) is 8.35. The van der Waals surface area contributed by atoms with Gasteiger partial charge in [-0.3, -0.25) is 0 Å². The number of nitrogens with zero attached hydrogens (tertiary/aromatic N) is 2. The minimum atomic E-state index is -1.51. The van der Waals surface area contributed by atoms with E-state index in [1.165, 1.54) is 11.1 Å². The van der Waals surface area contributed by atoms with Gasteiger partial charge in [-0.1, -0.05) is 13.8 Å². The van der Waals surface area contributed by atoms with Crippen molar-refractivity contribution in [2.24, 2.45) is 5.92 Å². The predicted octanol–water partition coefficient (Wildman–Crippen LogP) is -0.00300. The third-order valence-electron chi connectivity index (χ3n) is 3.37. The number of carbonyl (C=O) groups excluding carboxylic acids is 2. The number of aromatic nitrogens is 2. The van der Waals surface area contributed by atoms with Gasteiger partial charge in [0, 0.05) is 25.4 Å². The van der Waals surface area contributed by atoms with E-state index in [4.69, 9.17) is 4.74 Å². The highest BCUT2D eigenvalue weighted by Gasteiger charge is 2.28. The van der Waals surface area contributed by atoms with E-state index in [0.717, 1.165) is 0 Å². The number of amides is 2. The van der Waals surface area contributed by atoms with Gasteiger partial charge in [0.15, 0.2) is 6.10 Å². The lowest BCUT2D eigenvalue weighted by molar-refractivity contribution is -0.153. The molecule has 10 heteroatoms. The summed E-state index contributed by atoms with van der Waals surface area (Å²) in [5.41, 5.74) is 0. The van der Waals surface area contributed by atoms with Crippen LogP contribution in [0.4, 0.5) is 4.79 Å². The number of carboxylic acid groups (broad SMARTS) is 1. The summed E-state index contributed by atoms with van der Waals surface area (Å²) >= 11 is 0. The standard InChI is InChI=1S/C16H26N4O6/c1-4-26-15(24)12(21)9-20(8-10(2)3)16(25)19-11(14(22)23)7-13-17-5-6-18-13/h5-6,10-12,21H,4,7-9H2,1-3H3,(H,17,18)(H,19,25)(H,22,23)/t11-,12?/m0/s1. The molecule has 1 aromatic heterocycles. The van der Waals surface area contributed by atoms with Crippen molar-refractivity contribution in [3.05, 3.63) is 18.2 Å². The summed E-state index contributed by atoms with van der Waals surface area (Å²) in [6.45, 7) is 5.36. The van der Waals surface area contributed by atoms with Crippen molar-refractivity contribution >= 4 is 18.0 Å². The van der Waals surface area contributed by atoms with Gasteiger partial charge in [-0.05, 0) is 12.8 Å². The molecule has 1 aromatic rings. The average Bonchev–Trinajstić information content (AvgIpc) is 3.06. The molecule has 2 atom stereocenters. The summed E-state index contributed by atoms with van der Waals surface area (Å²) in [6, 6.07) is -1.90. The number of carbonyl (C=O) groups is 3. The topological polar surface area (TPSA) is 145 Å². The van der Waals surface area contributed by atoms with Crippen LogP contribution < -0.4 is 5.32 Å². The van der Waals surface area contributed by atoms with Gasteiger partial charge in [0.1, 0.15) is 11.9 Å². The van der Waals surface area contributed by atoms with E-state index in [-0.39, 0.29) is 32.0 Å². The Labute approximate surface area is 151 Å². The normalized spacial score (nSPS) is 13.1. The summed E-state index contributed by atoms with van der Waals surface area (Å²) in [5, 5.41) is 21.6. The SMILES string of the molecule is CCOC(=O)C(O)CN(CC(C)C)C(=O)N[C@@H](Cc1ncc[nH]1)C(=O)O. The summed E-state index contributed by atoms with van der Waals surface area (Å²) in [5.74, 6) is -1.59. The van der Waals surface area contributed by atoms with Crippen molar-refractivity contribution in [3.63, 3.8) is 0 Å². The predicted molar refractivity (Wildman–Crippen MR) is 91.3 cm³/mol. The molecule has 0 radical (unpaired) electrons. The van der Waals surface area contributed by atoms with E-state index in [0.29, 0.717) is 5.82 Å². The minimum absolute atomic E-state index is 0.0238. The molecule has 2 amide bonds. The number of aromatic amines is 1. The molecule has 10 nitrogen and oxygen atoms in total. The van der Waals surface area contributed by atoms with Crippen LogP contribution in [-0.4, -0.2) is 74.9 Å². The number of urea groups is 1. The average molecular weight is 370 g/mol. The fourth-order valence-corrected chi connectivity index (χ4v) is 2.25. The molecule has 0 aliphatic heterocycles. The van der Waals surface area contributed by atoms with Crippen LogP contribution in [0.3, 0.4) is 0 Å². The number of hydrogen-bond acceptors (Lipinski definition) is 6. The number of rotatable bonds is 10. The lowest BCUT2D eigenvalue weighted by atomic mass is 10.2. The number of hydrogen-bond donors (Lipinski definition) is 4. The molecule has 0 spiro atoms. The van der Waals surface area contributed by atoms with E-state index in [2.05, 4.69) is 15.3 Å². The molecule has 1 heterocycles. The highest BCUT2D eigenvalue weighted by molar-refractivity contribution is 5.83. The van der Waals surface area contributed by atoms with Gasteiger partial charge in [-0.15, -0.1) is 0 Å². The lowest BCUT2D eigenvalue weighted by Crippen LogP contribution is -2.52. The van der Waals surface area contributed by atoms with Gasteiger partial charge < -0.3 is 30.2 Å². The Balaban J connectivity index is 2.79. The molecule has 146 valence electrons. The van der Waals surface area contributed by atoms with Gasteiger partial charge in [0.25, 0.3) is 0 Å². The number of H-pyrrole nitrogens is 1. The van der Waals surface area contributed by atoms with Gasteiger partial charge >= 0.3 is 18.0 Å². The molecule has 4 N–H and O–H groups in total. The molecule has 1 rings (SSSR count). The van der Waals surface area contributed by atoms with Crippen LogP contribution in [0.1, 0.15) is 26.6 Å². The van der Waals surface area contributed by atoms with Crippen LogP contribution in [0.15, 0.2) is 12.4 Å². The second-order valence-corrected chi connectivity index (χ2v) is 6.15. The van der Waals surface area contributed by atoms with Gasteiger partial charge in [-0.2, -0.15) is 0 Å². The first kappa shape index (κ1) is 21.4. The van der Waals surface area contributed by atoms with Crippen molar-refractivity contribution in [1.82, 2.24) is 20.2 Å². The zero-order chi connectivity index (χ0) is 19.7. The summed E-state index contributed by atoms with van der Waals surface area (Å²) in [4.78, 5) is 43.4. The van der Waals surface area contributed by atoms with Crippen LogP contribution in [0.5, 0.6) is 0 Å². The quantitative estimate of drug-likeness (QED) is 0.424. The first-order valence-corrected chi connectivity index (χ1v) is 8.35. The zero-order valence-electron chi connectivity index (χ0n) is 15.1. The Morgan fingerprint density at radius 1 is 1.35 bits per heavy atom. The second-order valence-electron chi connectivity index (χ2n) is 6.15. The molecule has 0 bridgehead atoms. The number of ether oxygens (including phenoxy) is 1. The van der Waals surface area contributed by atoms with Crippen LogP contribution in [0, 0.1) is 5.92 Å². The number of nitrogens with one attached hydrogen (secondary N) is 2. The van der Waals surface area contributed by atoms with Gasteiger partial charge in [0.2, 0.25) is 0 Å². The first-order chi connectivity index (χ1) is 12.2. The molecule has 0 aromatic carbocycles. The summed E-state index contributed by atoms with van der Waals surface area (Å²) in [7, 11) is 0. The maximum absolute atomic E-state index is 12.5. The molecule has 0 fully saturated rings. The number of aliphatic carboxylic acids is 1. The van der Waals surface area contributed by atoms with E-state index < -0.39 is 30.1 Å². The summed E-state index contributed by atoms with van der Waals surface area (Å²) < 4.78 is 4.72. The van der Waals surface area contributed by atoms with Crippen molar-refractivity contribution in [2.75, 3.05) is 19.7 Å². The molecule has 0 saturated carbocycles. The maximum atomic E-state index is 12.5.